The molecule has 0 aromatic heterocycles. The lowest BCUT2D eigenvalue weighted by molar-refractivity contribution is -0.0765. The van der Waals surface area contributed by atoms with Gasteiger partial charge in [0.15, 0.2) is 0 Å². The molecule has 0 amide bonds. The maximum Gasteiger partial charge on any atom is 0.0883 e. The topological polar surface area (TPSA) is 29.5 Å². The fourth-order valence-corrected chi connectivity index (χ4v) is 2.11. The summed E-state index contributed by atoms with van der Waals surface area (Å²) in [6, 6.07) is 4.32. The first-order valence-electron chi connectivity index (χ1n) is 6.08. The summed E-state index contributed by atoms with van der Waals surface area (Å²) < 4.78 is 5.33. The van der Waals surface area contributed by atoms with Gasteiger partial charge in [0.1, 0.15) is 0 Å². The van der Waals surface area contributed by atoms with Crippen molar-refractivity contribution < 1.29 is 9.84 Å². The zero-order valence-corrected chi connectivity index (χ0v) is 11.8. The molecule has 0 fully saturated rings. The van der Waals surface area contributed by atoms with Gasteiger partial charge < -0.3 is 9.84 Å². The van der Waals surface area contributed by atoms with Gasteiger partial charge >= 0.3 is 0 Å². The molecular formula is C15H24O2. The van der Waals surface area contributed by atoms with Crippen LogP contribution in [0.25, 0.3) is 0 Å². The zero-order chi connectivity index (χ0) is 13.2. The molecule has 1 aromatic carbocycles. The van der Waals surface area contributed by atoms with E-state index in [4.69, 9.17) is 4.74 Å². The van der Waals surface area contributed by atoms with Gasteiger partial charge in [-0.25, -0.2) is 0 Å². The molecule has 0 aliphatic rings. The molecule has 96 valence electrons. The summed E-state index contributed by atoms with van der Waals surface area (Å²) in [5, 5.41) is 10.2. The average Bonchev–Trinajstić information content (AvgIpc) is 2.22. The quantitative estimate of drug-likeness (QED) is 0.871. The molecule has 0 saturated carbocycles. The van der Waals surface area contributed by atoms with Crippen LogP contribution in [-0.4, -0.2) is 23.9 Å². The van der Waals surface area contributed by atoms with Gasteiger partial charge in [0.2, 0.25) is 0 Å². The van der Waals surface area contributed by atoms with Crippen LogP contribution in [-0.2, 0) is 11.2 Å². The summed E-state index contributed by atoms with van der Waals surface area (Å²) in [7, 11) is 1.64. The van der Waals surface area contributed by atoms with Crippen LogP contribution in [0.4, 0.5) is 0 Å². The van der Waals surface area contributed by atoms with E-state index in [2.05, 4.69) is 32.9 Å². The van der Waals surface area contributed by atoms with Crippen molar-refractivity contribution in [3.63, 3.8) is 0 Å². The normalized spacial score (nSPS) is 13.8. The number of rotatable bonds is 4. The largest absolute Gasteiger partial charge is 0.390 e. The van der Waals surface area contributed by atoms with E-state index in [9.17, 15) is 5.11 Å². The van der Waals surface area contributed by atoms with Crippen LogP contribution in [0.15, 0.2) is 12.1 Å². The van der Waals surface area contributed by atoms with Crippen molar-refractivity contribution in [1.29, 1.82) is 0 Å². The summed E-state index contributed by atoms with van der Waals surface area (Å²) in [5.41, 5.74) is 4.48. The molecule has 2 nitrogen and oxygen atoms in total. The van der Waals surface area contributed by atoms with E-state index in [-0.39, 0.29) is 0 Å². The molecular weight excluding hydrogens is 212 g/mol. The molecule has 1 atom stereocenters. The van der Waals surface area contributed by atoms with E-state index in [0.717, 1.165) is 0 Å². The monoisotopic (exact) mass is 236 g/mol. The minimum atomic E-state index is -0.510. The molecule has 0 saturated heterocycles. The highest BCUT2D eigenvalue weighted by Crippen LogP contribution is 2.23. The zero-order valence-electron chi connectivity index (χ0n) is 11.8. The van der Waals surface area contributed by atoms with Crippen LogP contribution >= 0.6 is 0 Å². The van der Waals surface area contributed by atoms with Crippen molar-refractivity contribution >= 4 is 0 Å². The maximum absolute atomic E-state index is 10.2. The van der Waals surface area contributed by atoms with E-state index in [1.165, 1.54) is 22.3 Å². The smallest absolute Gasteiger partial charge is 0.0883 e. The standard InChI is InChI=1S/C15H24O2/c1-10-7-11(2)13(12(3)8-10)9-14(16)15(4,5)17-6/h7-8,14,16H,9H2,1-6H3. The molecule has 1 aromatic rings. The van der Waals surface area contributed by atoms with Gasteiger partial charge in [0, 0.05) is 13.5 Å². The lowest BCUT2D eigenvalue weighted by Gasteiger charge is -2.30. The number of benzene rings is 1. The summed E-state index contributed by atoms with van der Waals surface area (Å²) >= 11 is 0. The minimum Gasteiger partial charge on any atom is -0.390 e. The number of methoxy groups -OCH3 is 1. The molecule has 1 N–H and O–H groups in total. The van der Waals surface area contributed by atoms with Gasteiger partial charge in [0.05, 0.1) is 11.7 Å². The van der Waals surface area contributed by atoms with Crippen LogP contribution in [0.3, 0.4) is 0 Å². The Morgan fingerprint density at radius 1 is 1.18 bits per heavy atom. The Morgan fingerprint density at radius 3 is 2.06 bits per heavy atom. The Kier molecular flexibility index (Phi) is 4.34. The number of hydrogen-bond acceptors (Lipinski definition) is 2. The van der Waals surface area contributed by atoms with Crippen molar-refractivity contribution in [3.05, 3.63) is 34.4 Å². The van der Waals surface area contributed by atoms with Gasteiger partial charge in [0.25, 0.3) is 0 Å². The predicted octanol–water partition coefficient (Wildman–Crippen LogP) is 2.94. The highest BCUT2D eigenvalue weighted by Gasteiger charge is 2.28. The molecule has 0 aliphatic heterocycles. The van der Waals surface area contributed by atoms with E-state index in [1.54, 1.807) is 7.11 Å². The molecule has 1 unspecified atom stereocenters. The Balaban J connectivity index is 2.96. The Hall–Kier alpha value is -0.860. The van der Waals surface area contributed by atoms with E-state index in [0.29, 0.717) is 6.42 Å². The first-order chi connectivity index (χ1) is 7.77. The second-order valence-electron chi connectivity index (χ2n) is 5.40. The maximum atomic E-state index is 10.2. The number of ether oxygens (including phenoxy) is 1. The van der Waals surface area contributed by atoms with Crippen LogP contribution in [0.1, 0.15) is 36.1 Å². The van der Waals surface area contributed by atoms with E-state index >= 15 is 0 Å². The third-order valence-electron chi connectivity index (χ3n) is 3.57. The molecule has 0 heterocycles. The third-order valence-corrected chi connectivity index (χ3v) is 3.57. The molecule has 0 bridgehead atoms. The van der Waals surface area contributed by atoms with Crippen molar-refractivity contribution in [3.8, 4) is 0 Å². The van der Waals surface area contributed by atoms with Crippen LogP contribution in [0, 0.1) is 20.8 Å². The molecule has 0 spiro atoms. The van der Waals surface area contributed by atoms with Gasteiger partial charge in [-0.15, -0.1) is 0 Å². The van der Waals surface area contributed by atoms with Crippen LogP contribution < -0.4 is 0 Å². The fraction of sp³-hybridized carbons (Fsp3) is 0.600. The minimum absolute atomic E-state index is 0.493. The fourth-order valence-electron chi connectivity index (χ4n) is 2.11. The average molecular weight is 236 g/mol. The Morgan fingerprint density at radius 2 is 1.65 bits per heavy atom. The van der Waals surface area contributed by atoms with Crippen LogP contribution in [0.5, 0.6) is 0 Å². The van der Waals surface area contributed by atoms with Gasteiger partial charge in [-0.3, -0.25) is 0 Å². The first-order valence-corrected chi connectivity index (χ1v) is 6.08. The Labute approximate surface area is 105 Å². The van der Waals surface area contributed by atoms with Crippen molar-refractivity contribution in [1.82, 2.24) is 0 Å². The van der Waals surface area contributed by atoms with Gasteiger partial charge in [-0.1, -0.05) is 17.7 Å². The highest BCUT2D eigenvalue weighted by atomic mass is 16.5. The predicted molar refractivity (Wildman–Crippen MR) is 71.5 cm³/mol. The Bertz CT molecular complexity index is 371. The second-order valence-corrected chi connectivity index (χ2v) is 5.40. The molecule has 0 radical (unpaired) electrons. The van der Waals surface area contributed by atoms with Crippen molar-refractivity contribution in [2.75, 3.05) is 7.11 Å². The third kappa shape index (κ3) is 3.30. The molecule has 17 heavy (non-hydrogen) atoms. The molecule has 2 heteroatoms. The van der Waals surface area contributed by atoms with E-state index in [1.807, 2.05) is 13.8 Å². The SMILES string of the molecule is COC(C)(C)C(O)Cc1c(C)cc(C)cc1C. The number of aliphatic hydroxyl groups is 1. The second kappa shape index (κ2) is 5.19. The van der Waals surface area contributed by atoms with Gasteiger partial charge in [-0.05, 0) is 51.3 Å². The van der Waals surface area contributed by atoms with Gasteiger partial charge in [-0.2, -0.15) is 0 Å². The lowest BCUT2D eigenvalue weighted by atomic mass is 9.90. The molecule has 1 rings (SSSR count). The highest BCUT2D eigenvalue weighted by molar-refractivity contribution is 5.38. The summed E-state index contributed by atoms with van der Waals surface area (Å²) in [5.74, 6) is 0. The van der Waals surface area contributed by atoms with Crippen molar-refractivity contribution in [2.24, 2.45) is 0 Å². The summed E-state index contributed by atoms with van der Waals surface area (Å²) in [4.78, 5) is 0. The molecule has 0 aliphatic carbocycles. The number of hydrogen-bond donors (Lipinski definition) is 1. The van der Waals surface area contributed by atoms with Crippen molar-refractivity contribution in [2.45, 2.75) is 52.7 Å². The summed E-state index contributed by atoms with van der Waals surface area (Å²) in [6.45, 7) is 10.1. The number of aliphatic hydroxyl groups excluding tert-OH is 1. The first kappa shape index (κ1) is 14.2. The lowest BCUT2D eigenvalue weighted by Crippen LogP contribution is -2.39. The summed E-state index contributed by atoms with van der Waals surface area (Å²) in [6.07, 6.45) is 0.145. The number of aryl methyl sites for hydroxylation is 3. The van der Waals surface area contributed by atoms with E-state index < -0.39 is 11.7 Å². The van der Waals surface area contributed by atoms with Crippen LogP contribution in [0.2, 0.25) is 0 Å².